The van der Waals surface area contributed by atoms with E-state index in [-0.39, 0.29) is 30.7 Å². The molecule has 3 rings (SSSR count). The van der Waals surface area contributed by atoms with Crippen LogP contribution < -0.4 is 5.32 Å². The third kappa shape index (κ3) is 1.73. The molecule has 3 unspecified atom stereocenters. The summed E-state index contributed by atoms with van der Waals surface area (Å²) >= 11 is 0. The minimum absolute atomic E-state index is 0.0253. The van der Waals surface area contributed by atoms with Gasteiger partial charge in [0.1, 0.15) is 0 Å². The van der Waals surface area contributed by atoms with Gasteiger partial charge < -0.3 is 5.32 Å². The maximum Gasteiger partial charge on any atom is 0.252 e. The van der Waals surface area contributed by atoms with Gasteiger partial charge in [-0.2, -0.15) is 0 Å². The average Bonchev–Trinajstić information content (AvgIpc) is 2.70. The predicted octanol–water partition coefficient (Wildman–Crippen LogP) is 0.604. The number of nitrogens with one attached hydrogen (secondary N) is 1. The summed E-state index contributed by atoms with van der Waals surface area (Å²) in [7, 11) is 0. The molecule has 0 spiro atoms. The van der Waals surface area contributed by atoms with Crippen molar-refractivity contribution in [3.05, 3.63) is 0 Å². The highest BCUT2D eigenvalue weighted by Gasteiger charge is 2.49. The second-order valence-corrected chi connectivity index (χ2v) is 5.01. The van der Waals surface area contributed by atoms with Gasteiger partial charge in [0.05, 0.1) is 5.92 Å². The Morgan fingerprint density at radius 3 is 2.60 bits per heavy atom. The molecule has 0 aromatic carbocycles. The van der Waals surface area contributed by atoms with Gasteiger partial charge in [0, 0.05) is 38.0 Å². The molecule has 1 aliphatic carbocycles. The maximum absolute atomic E-state index is 12.5. The summed E-state index contributed by atoms with van der Waals surface area (Å²) in [5, 5.41) is 2.71. The molecule has 0 radical (unpaired) electrons. The molecule has 2 aliphatic heterocycles. The van der Waals surface area contributed by atoms with Crippen molar-refractivity contribution in [1.29, 1.82) is 0 Å². The van der Waals surface area contributed by atoms with Gasteiger partial charge in [0.15, 0.2) is 0 Å². The summed E-state index contributed by atoms with van der Waals surface area (Å²) < 4.78 is 25.1. The lowest BCUT2D eigenvalue weighted by Crippen LogP contribution is -2.52. The van der Waals surface area contributed by atoms with Gasteiger partial charge in [-0.15, -0.1) is 0 Å². The molecule has 1 N–H and O–H groups in total. The fraction of sp³-hybridized carbons (Fsp3) is 0.900. The number of nitrogens with zero attached hydrogens (tertiary/aromatic N) is 1. The lowest BCUT2D eigenvalue weighted by Gasteiger charge is -2.35. The number of halogens is 2. The maximum atomic E-state index is 12.5. The summed E-state index contributed by atoms with van der Waals surface area (Å²) in [5.74, 6) is -2.53. The van der Waals surface area contributed by atoms with Crippen LogP contribution in [0.2, 0.25) is 0 Å². The lowest BCUT2D eigenvalue weighted by molar-refractivity contribution is -0.132. The Hall–Kier alpha value is -0.710. The number of fused-ring (bicyclic) bond motifs is 1. The molecule has 0 bridgehead atoms. The third-order valence-electron chi connectivity index (χ3n) is 3.65. The smallest absolute Gasteiger partial charge is 0.252 e. The molecule has 0 aromatic rings. The van der Waals surface area contributed by atoms with Crippen molar-refractivity contribution in [2.75, 3.05) is 13.1 Å². The van der Waals surface area contributed by atoms with E-state index >= 15 is 0 Å². The number of carbonyl (C=O) groups is 1. The Labute approximate surface area is 86.8 Å². The molecular weight excluding hydrogens is 202 g/mol. The number of hydrogen-bond acceptors (Lipinski definition) is 2. The number of rotatable bonds is 2. The van der Waals surface area contributed by atoms with E-state index in [1.165, 1.54) is 0 Å². The number of amides is 1. The molecule has 5 heteroatoms. The van der Waals surface area contributed by atoms with Gasteiger partial charge in [0.25, 0.3) is 5.92 Å². The highest BCUT2D eigenvalue weighted by atomic mass is 19.3. The van der Waals surface area contributed by atoms with E-state index in [1.54, 1.807) is 0 Å². The standard InChI is InChI=1S/C10H14F2N2O/c11-10(12)2-7(3-10)13-9(15)6-1-8-5-14(8)4-6/h6-8H,1-5H2,(H,13,15). The topological polar surface area (TPSA) is 32.1 Å². The van der Waals surface area contributed by atoms with Crippen LogP contribution in [0.1, 0.15) is 19.3 Å². The van der Waals surface area contributed by atoms with Crippen molar-refractivity contribution in [3.8, 4) is 0 Å². The Balaban J connectivity index is 1.46. The Kier molecular flexibility index (Phi) is 1.84. The van der Waals surface area contributed by atoms with Crippen LogP contribution in [-0.4, -0.2) is 41.9 Å². The monoisotopic (exact) mass is 216 g/mol. The second kappa shape index (κ2) is 2.90. The molecule has 1 amide bonds. The Bertz CT molecular complexity index is 290. The first-order valence-electron chi connectivity index (χ1n) is 5.46. The SMILES string of the molecule is O=C(NC1CC(F)(F)C1)C1CC2CN2C1. The predicted molar refractivity (Wildman–Crippen MR) is 49.6 cm³/mol. The fourth-order valence-electron chi connectivity index (χ4n) is 2.63. The highest BCUT2D eigenvalue weighted by molar-refractivity contribution is 5.80. The summed E-state index contributed by atoms with van der Waals surface area (Å²) in [6, 6.07) is 0.308. The van der Waals surface area contributed by atoms with Gasteiger partial charge in [0.2, 0.25) is 5.91 Å². The molecule has 3 fully saturated rings. The largest absolute Gasteiger partial charge is 0.353 e. The summed E-state index contributed by atoms with van der Waals surface area (Å²) in [6.07, 6.45) is 0.548. The molecule has 15 heavy (non-hydrogen) atoms. The van der Waals surface area contributed by atoms with Crippen molar-refractivity contribution in [3.63, 3.8) is 0 Å². The van der Waals surface area contributed by atoms with Crippen LogP contribution in [0.5, 0.6) is 0 Å². The van der Waals surface area contributed by atoms with Crippen LogP contribution in [0, 0.1) is 5.92 Å². The number of piperidine rings is 1. The van der Waals surface area contributed by atoms with Crippen LogP contribution >= 0.6 is 0 Å². The quantitative estimate of drug-likeness (QED) is 0.686. The van der Waals surface area contributed by atoms with E-state index in [2.05, 4.69) is 10.2 Å². The van der Waals surface area contributed by atoms with Gasteiger partial charge in [-0.3, -0.25) is 9.69 Å². The number of alkyl halides is 2. The molecule has 3 aliphatic rings. The van der Waals surface area contributed by atoms with E-state index in [9.17, 15) is 13.6 Å². The van der Waals surface area contributed by atoms with E-state index in [4.69, 9.17) is 0 Å². The minimum atomic E-state index is -2.54. The van der Waals surface area contributed by atoms with Crippen LogP contribution in [0.3, 0.4) is 0 Å². The van der Waals surface area contributed by atoms with Crippen LogP contribution in [0.15, 0.2) is 0 Å². The summed E-state index contributed by atoms with van der Waals surface area (Å²) in [4.78, 5) is 13.9. The van der Waals surface area contributed by atoms with Crippen LogP contribution in [0.25, 0.3) is 0 Å². The second-order valence-electron chi connectivity index (χ2n) is 5.01. The summed E-state index contributed by atoms with van der Waals surface area (Å²) in [5.41, 5.74) is 0. The first-order chi connectivity index (χ1) is 7.03. The highest BCUT2D eigenvalue weighted by Crippen LogP contribution is 2.38. The zero-order valence-corrected chi connectivity index (χ0v) is 8.38. The summed E-state index contributed by atoms with van der Waals surface area (Å²) in [6.45, 7) is 1.94. The number of carbonyl (C=O) groups excluding carboxylic acids is 1. The van der Waals surface area contributed by atoms with Crippen molar-refractivity contribution in [1.82, 2.24) is 10.2 Å². The Morgan fingerprint density at radius 1 is 1.33 bits per heavy atom. The van der Waals surface area contributed by atoms with Crippen molar-refractivity contribution in [2.45, 2.75) is 37.3 Å². The molecular formula is C10H14F2N2O. The third-order valence-corrected chi connectivity index (χ3v) is 3.65. The Morgan fingerprint density at radius 2 is 2.07 bits per heavy atom. The first-order valence-corrected chi connectivity index (χ1v) is 5.46. The molecule has 0 aromatic heterocycles. The molecule has 1 saturated carbocycles. The molecule has 3 atom stereocenters. The lowest BCUT2D eigenvalue weighted by atomic mass is 9.87. The van der Waals surface area contributed by atoms with Gasteiger partial charge in [-0.1, -0.05) is 0 Å². The van der Waals surface area contributed by atoms with E-state index in [0.717, 1.165) is 19.5 Å². The average molecular weight is 216 g/mol. The zero-order valence-electron chi connectivity index (χ0n) is 8.38. The van der Waals surface area contributed by atoms with Crippen molar-refractivity contribution in [2.24, 2.45) is 5.92 Å². The molecule has 2 saturated heterocycles. The molecule has 2 heterocycles. The fourth-order valence-corrected chi connectivity index (χ4v) is 2.63. The van der Waals surface area contributed by atoms with Crippen LogP contribution in [0.4, 0.5) is 8.78 Å². The minimum Gasteiger partial charge on any atom is -0.353 e. The first kappa shape index (κ1) is 9.51. The molecule has 84 valence electrons. The van der Waals surface area contributed by atoms with Gasteiger partial charge >= 0.3 is 0 Å². The van der Waals surface area contributed by atoms with Crippen molar-refractivity contribution < 1.29 is 13.6 Å². The van der Waals surface area contributed by atoms with E-state index < -0.39 is 5.92 Å². The van der Waals surface area contributed by atoms with Gasteiger partial charge in [-0.25, -0.2) is 8.78 Å². The van der Waals surface area contributed by atoms with E-state index in [0.29, 0.717) is 6.04 Å². The van der Waals surface area contributed by atoms with Crippen LogP contribution in [-0.2, 0) is 4.79 Å². The van der Waals surface area contributed by atoms with E-state index in [1.807, 2.05) is 0 Å². The van der Waals surface area contributed by atoms with Gasteiger partial charge in [-0.05, 0) is 6.42 Å². The molecule has 3 nitrogen and oxygen atoms in total. The van der Waals surface area contributed by atoms with Crippen molar-refractivity contribution >= 4 is 5.91 Å². The zero-order chi connectivity index (χ0) is 10.6. The normalized spacial score (nSPS) is 41.9. The number of hydrogen-bond donors (Lipinski definition) is 1.